The minimum absolute atomic E-state index is 0.0512. The molecule has 1 aromatic carbocycles. The van der Waals surface area contributed by atoms with Gasteiger partial charge in [0.2, 0.25) is 0 Å². The summed E-state index contributed by atoms with van der Waals surface area (Å²) in [4.78, 5) is 11.7. The molecule has 1 aliphatic carbocycles. The van der Waals surface area contributed by atoms with E-state index in [-0.39, 0.29) is 5.92 Å². The summed E-state index contributed by atoms with van der Waals surface area (Å²) in [6, 6.07) is 9.37. The molecule has 1 aromatic rings. The van der Waals surface area contributed by atoms with Crippen LogP contribution in [-0.4, -0.2) is 43.1 Å². The lowest BCUT2D eigenvalue weighted by molar-refractivity contribution is -0.148. The number of hydrogen-bond donors (Lipinski definition) is 4. The molecule has 1 saturated carbocycles. The van der Waals surface area contributed by atoms with Crippen molar-refractivity contribution in [1.82, 2.24) is 10.6 Å². The van der Waals surface area contributed by atoms with E-state index >= 15 is 0 Å². The number of nitrogens with one attached hydrogen (secondary N) is 2. The molecule has 1 unspecified atom stereocenters. The van der Waals surface area contributed by atoms with Gasteiger partial charge in [-0.25, -0.2) is 0 Å². The van der Waals surface area contributed by atoms with Gasteiger partial charge in [0.25, 0.3) is 0 Å². The van der Waals surface area contributed by atoms with Crippen LogP contribution in [0.3, 0.4) is 0 Å². The van der Waals surface area contributed by atoms with Gasteiger partial charge in [0.1, 0.15) is 5.54 Å². The highest BCUT2D eigenvalue weighted by molar-refractivity contribution is 6.08. The number of rotatable bonds is 9. The molecule has 0 bridgehead atoms. The molecule has 1 heterocycles. The molecule has 2 aliphatic rings. The molecular formula is C20H30BN3O2. The van der Waals surface area contributed by atoms with Crippen molar-refractivity contribution in [1.29, 1.82) is 0 Å². The van der Waals surface area contributed by atoms with Gasteiger partial charge in [0.05, 0.1) is 7.85 Å². The molecule has 3 rings (SSSR count). The predicted octanol–water partition coefficient (Wildman–Crippen LogP) is 1.61. The Morgan fingerprint density at radius 1 is 1.31 bits per heavy atom. The summed E-state index contributed by atoms with van der Waals surface area (Å²) in [6.45, 7) is 1.82. The second-order valence-electron chi connectivity index (χ2n) is 7.92. The van der Waals surface area contributed by atoms with Crippen molar-refractivity contribution >= 4 is 13.8 Å². The number of carboxylic acids is 1. The van der Waals surface area contributed by atoms with E-state index < -0.39 is 11.5 Å². The van der Waals surface area contributed by atoms with Crippen molar-refractivity contribution in [2.45, 2.75) is 69.0 Å². The Kier molecular flexibility index (Phi) is 6.38. The van der Waals surface area contributed by atoms with E-state index in [0.717, 1.165) is 45.2 Å². The highest BCUT2D eigenvalue weighted by Crippen LogP contribution is 2.38. The number of fused-ring (bicyclic) bond motifs is 1. The number of nitrogens with two attached hydrogens (primary N) is 1. The summed E-state index contributed by atoms with van der Waals surface area (Å²) in [7, 11) is 5.51. The van der Waals surface area contributed by atoms with Crippen LogP contribution >= 0.6 is 0 Å². The molecule has 2 atom stereocenters. The standard InChI is InChI=1S/C20H30BN3O2/c21-8-4-3-7-20(22,19(25)26)16-10-17(11-16)24-13-18-9-14-5-1-2-6-15(14)12-23-18/h1-2,5-6,16-18,23-24H,3-4,7-13,22H2,(H,25,26)/t16?,17?,18-,20?/m0/s1. The quantitative estimate of drug-likeness (QED) is 0.399. The topological polar surface area (TPSA) is 87.4 Å². The van der Waals surface area contributed by atoms with Gasteiger partial charge >= 0.3 is 5.97 Å². The Morgan fingerprint density at radius 2 is 2.04 bits per heavy atom. The van der Waals surface area contributed by atoms with Gasteiger partial charge in [-0.1, -0.05) is 43.4 Å². The first-order chi connectivity index (χ1) is 12.5. The first kappa shape index (κ1) is 19.4. The van der Waals surface area contributed by atoms with Crippen molar-refractivity contribution in [3.05, 3.63) is 35.4 Å². The average Bonchev–Trinajstić information content (AvgIpc) is 2.60. The molecule has 2 radical (unpaired) electrons. The summed E-state index contributed by atoms with van der Waals surface area (Å²) < 4.78 is 0. The number of aliphatic carboxylic acids is 1. The van der Waals surface area contributed by atoms with Gasteiger partial charge in [-0.05, 0) is 42.7 Å². The van der Waals surface area contributed by atoms with Gasteiger partial charge in [0.15, 0.2) is 0 Å². The molecule has 1 aliphatic heterocycles. The minimum atomic E-state index is -1.10. The smallest absolute Gasteiger partial charge is 0.323 e. The molecule has 140 valence electrons. The second kappa shape index (κ2) is 8.55. The van der Waals surface area contributed by atoms with Crippen LogP contribution in [0.2, 0.25) is 6.32 Å². The third-order valence-corrected chi connectivity index (χ3v) is 6.13. The Hall–Kier alpha value is -1.37. The number of carboxylic acid groups (broad SMARTS) is 1. The summed E-state index contributed by atoms with van der Waals surface area (Å²) >= 11 is 0. The van der Waals surface area contributed by atoms with Crippen LogP contribution in [-0.2, 0) is 17.8 Å². The first-order valence-electron chi connectivity index (χ1n) is 9.79. The Bertz CT molecular complexity index is 621. The van der Waals surface area contributed by atoms with Crippen LogP contribution in [0, 0.1) is 5.92 Å². The maximum atomic E-state index is 11.7. The minimum Gasteiger partial charge on any atom is -0.480 e. The first-order valence-corrected chi connectivity index (χ1v) is 9.79. The van der Waals surface area contributed by atoms with E-state index in [2.05, 4.69) is 34.9 Å². The van der Waals surface area contributed by atoms with Gasteiger partial charge in [-0.3, -0.25) is 4.79 Å². The maximum absolute atomic E-state index is 11.7. The maximum Gasteiger partial charge on any atom is 0.323 e. The molecule has 0 spiro atoms. The van der Waals surface area contributed by atoms with Gasteiger partial charge in [-0.2, -0.15) is 0 Å². The lowest BCUT2D eigenvalue weighted by Gasteiger charge is -2.45. The molecule has 5 nitrogen and oxygen atoms in total. The van der Waals surface area contributed by atoms with Crippen molar-refractivity contribution in [2.24, 2.45) is 11.7 Å². The highest BCUT2D eigenvalue weighted by Gasteiger charge is 2.48. The Balaban J connectivity index is 1.43. The van der Waals surface area contributed by atoms with Crippen LogP contribution in [0.5, 0.6) is 0 Å². The summed E-state index contributed by atoms with van der Waals surface area (Å²) in [6.07, 6.45) is 5.42. The van der Waals surface area contributed by atoms with Crippen molar-refractivity contribution in [3.63, 3.8) is 0 Å². The van der Waals surface area contributed by atoms with E-state index in [9.17, 15) is 9.90 Å². The fourth-order valence-electron chi connectivity index (χ4n) is 4.23. The van der Waals surface area contributed by atoms with Crippen LogP contribution in [0.15, 0.2) is 24.3 Å². The van der Waals surface area contributed by atoms with Crippen molar-refractivity contribution < 1.29 is 9.90 Å². The molecule has 6 heteroatoms. The number of hydrogen-bond acceptors (Lipinski definition) is 4. The van der Waals surface area contributed by atoms with Gasteiger partial charge in [-0.15, -0.1) is 0 Å². The number of unbranched alkanes of at least 4 members (excludes halogenated alkanes) is 1. The third kappa shape index (κ3) is 4.30. The molecule has 1 fully saturated rings. The highest BCUT2D eigenvalue weighted by atomic mass is 16.4. The summed E-state index contributed by atoms with van der Waals surface area (Å²) in [5.41, 5.74) is 7.97. The van der Waals surface area contributed by atoms with Crippen LogP contribution in [0.1, 0.15) is 43.2 Å². The fraction of sp³-hybridized carbons (Fsp3) is 0.650. The molecule has 0 saturated heterocycles. The Morgan fingerprint density at radius 3 is 2.73 bits per heavy atom. The van der Waals surface area contributed by atoms with Crippen LogP contribution in [0.4, 0.5) is 0 Å². The lowest BCUT2D eigenvalue weighted by Crippen LogP contribution is -2.61. The normalized spacial score (nSPS) is 27.2. The monoisotopic (exact) mass is 355 g/mol. The average molecular weight is 355 g/mol. The number of carbonyl (C=O) groups is 1. The second-order valence-corrected chi connectivity index (χ2v) is 7.92. The fourth-order valence-corrected chi connectivity index (χ4v) is 4.23. The van der Waals surface area contributed by atoms with E-state index in [0.29, 0.717) is 24.8 Å². The largest absolute Gasteiger partial charge is 0.480 e. The number of benzene rings is 1. The van der Waals surface area contributed by atoms with E-state index in [1.54, 1.807) is 0 Å². The molecule has 0 aromatic heterocycles. The zero-order valence-corrected chi connectivity index (χ0v) is 15.4. The van der Waals surface area contributed by atoms with E-state index in [1.165, 1.54) is 11.1 Å². The molecule has 5 N–H and O–H groups in total. The van der Waals surface area contributed by atoms with Gasteiger partial charge < -0.3 is 21.5 Å². The predicted molar refractivity (Wildman–Crippen MR) is 104 cm³/mol. The molecule has 0 amide bonds. The SMILES string of the molecule is [B]CCCCC(N)(C(=O)O)C1CC(NC[C@@H]2Cc3ccccc3CN2)C1. The van der Waals surface area contributed by atoms with E-state index in [1.807, 2.05) is 0 Å². The summed E-state index contributed by atoms with van der Waals surface area (Å²) in [5, 5.41) is 16.8. The van der Waals surface area contributed by atoms with Gasteiger partial charge in [0, 0.05) is 25.2 Å². The Labute approximate surface area is 157 Å². The van der Waals surface area contributed by atoms with E-state index in [4.69, 9.17) is 13.6 Å². The third-order valence-electron chi connectivity index (χ3n) is 6.13. The molecular weight excluding hydrogens is 325 g/mol. The van der Waals surface area contributed by atoms with Crippen LogP contribution in [0.25, 0.3) is 0 Å². The summed E-state index contributed by atoms with van der Waals surface area (Å²) in [5.74, 6) is -0.821. The molecule has 26 heavy (non-hydrogen) atoms. The van der Waals surface area contributed by atoms with Crippen LogP contribution < -0.4 is 16.4 Å². The van der Waals surface area contributed by atoms with Crippen molar-refractivity contribution in [2.75, 3.05) is 6.54 Å². The zero-order valence-electron chi connectivity index (χ0n) is 15.4. The van der Waals surface area contributed by atoms with Crippen molar-refractivity contribution in [3.8, 4) is 0 Å². The zero-order chi connectivity index (χ0) is 18.6. The lowest BCUT2D eigenvalue weighted by atomic mass is 9.66.